The Morgan fingerprint density at radius 2 is 1.72 bits per heavy atom. The van der Waals surface area contributed by atoms with Crippen LogP contribution in [0.1, 0.15) is 66.0 Å². The van der Waals surface area contributed by atoms with Crippen molar-refractivity contribution in [3.63, 3.8) is 0 Å². The Bertz CT molecular complexity index is 2980. The molecule has 3 atom stereocenters. The predicted octanol–water partition coefficient (Wildman–Crippen LogP) is 8.04. The molecule has 3 aliphatic carbocycles. The summed E-state index contributed by atoms with van der Waals surface area (Å²) in [7, 11) is -4.06. The minimum atomic E-state index is -4.06. The zero-order valence-electron chi connectivity index (χ0n) is 30.8. The lowest BCUT2D eigenvalue weighted by Crippen LogP contribution is -2.38. The number of anilines is 1. The van der Waals surface area contributed by atoms with Crippen molar-refractivity contribution in [2.45, 2.75) is 74.8 Å². The Morgan fingerprint density at radius 1 is 1.00 bits per heavy atom. The molecular formula is C38H28BrClF8N8O4S. The summed E-state index contributed by atoms with van der Waals surface area (Å²) in [6.45, 7) is -2.17. The second-order valence-electron chi connectivity index (χ2n) is 15.1. The SMILES string of the molecule is O=C(Cn1nc(C(F)F)c2c1C(F)(F)C1CC21)N[C@@H](Cc1cc(F)cc(F)c1)c1nc2cc(Br)ccc2c(=O)n1-c1ccc(Cl)c2c(NS(=O)(=O)C3CC3)nn(CC(F)F)c12. The minimum Gasteiger partial charge on any atom is -0.344 e. The van der Waals surface area contributed by atoms with Gasteiger partial charge in [-0.05, 0) is 73.2 Å². The van der Waals surface area contributed by atoms with Gasteiger partial charge in [0.25, 0.3) is 24.3 Å². The van der Waals surface area contributed by atoms with E-state index >= 15 is 8.78 Å². The van der Waals surface area contributed by atoms with E-state index in [1.807, 2.05) is 0 Å². The van der Waals surface area contributed by atoms with Crippen LogP contribution in [-0.4, -0.2) is 55.1 Å². The highest BCUT2D eigenvalue weighted by Gasteiger charge is 2.67. The number of rotatable bonds is 13. The summed E-state index contributed by atoms with van der Waals surface area (Å²) in [5, 5.41) is 9.21. The molecule has 23 heteroatoms. The molecule has 6 aromatic rings. The van der Waals surface area contributed by atoms with E-state index in [1.54, 1.807) is 0 Å². The molecule has 9 rings (SSSR count). The monoisotopic (exact) mass is 958 g/mol. The Morgan fingerprint density at radius 3 is 2.39 bits per heavy atom. The molecule has 61 heavy (non-hydrogen) atoms. The summed E-state index contributed by atoms with van der Waals surface area (Å²) >= 11 is 9.92. The third-order valence-electron chi connectivity index (χ3n) is 10.9. The maximum absolute atomic E-state index is 15.5. The van der Waals surface area contributed by atoms with Gasteiger partial charge in [0.05, 0.1) is 43.8 Å². The number of hydrogen-bond donors (Lipinski definition) is 2. The molecule has 2 N–H and O–H groups in total. The summed E-state index contributed by atoms with van der Waals surface area (Å²) in [6, 6.07) is 7.58. The highest BCUT2D eigenvalue weighted by Crippen LogP contribution is 2.68. The smallest absolute Gasteiger partial charge is 0.293 e. The first kappa shape index (κ1) is 41.3. The fourth-order valence-electron chi connectivity index (χ4n) is 8.14. The van der Waals surface area contributed by atoms with Crippen LogP contribution < -0.4 is 15.6 Å². The molecule has 3 heterocycles. The van der Waals surface area contributed by atoms with Crippen molar-refractivity contribution < 1.29 is 48.3 Å². The quantitative estimate of drug-likeness (QED) is 0.112. The summed E-state index contributed by atoms with van der Waals surface area (Å²) < 4.78 is 148. The molecule has 3 aliphatic rings. The second kappa shape index (κ2) is 14.8. The first-order chi connectivity index (χ1) is 28.8. The van der Waals surface area contributed by atoms with Crippen LogP contribution in [0, 0.1) is 17.6 Å². The zero-order chi connectivity index (χ0) is 43.4. The average Bonchev–Trinajstić information content (AvgIpc) is 4.08. The number of aromatic nitrogens is 6. The van der Waals surface area contributed by atoms with Crippen molar-refractivity contribution in [1.29, 1.82) is 0 Å². The van der Waals surface area contributed by atoms with Crippen LogP contribution in [-0.2, 0) is 40.3 Å². The molecule has 0 spiro atoms. The van der Waals surface area contributed by atoms with Crippen LogP contribution in [0.4, 0.5) is 40.9 Å². The van der Waals surface area contributed by atoms with Gasteiger partial charge < -0.3 is 5.32 Å². The first-order valence-electron chi connectivity index (χ1n) is 18.5. The fraction of sp³-hybridized carbons (Fsp3) is 0.342. The van der Waals surface area contributed by atoms with Crippen molar-refractivity contribution in [2.24, 2.45) is 5.92 Å². The van der Waals surface area contributed by atoms with Crippen LogP contribution in [0.3, 0.4) is 0 Å². The van der Waals surface area contributed by atoms with Crippen LogP contribution >= 0.6 is 27.5 Å². The summed E-state index contributed by atoms with van der Waals surface area (Å²) in [4.78, 5) is 33.5. The summed E-state index contributed by atoms with van der Waals surface area (Å²) in [5.74, 6) is -9.69. The molecule has 0 saturated heterocycles. The van der Waals surface area contributed by atoms with E-state index < -0.39 is 118 Å². The lowest BCUT2D eigenvalue weighted by Gasteiger charge is -2.24. The minimum absolute atomic E-state index is 0.00446. The topological polar surface area (TPSA) is 146 Å². The van der Waals surface area contributed by atoms with E-state index in [2.05, 4.69) is 41.2 Å². The molecule has 2 saturated carbocycles. The molecule has 0 bridgehead atoms. The molecule has 2 fully saturated rings. The van der Waals surface area contributed by atoms with E-state index in [0.717, 1.165) is 21.4 Å². The number of benzene rings is 3. The van der Waals surface area contributed by atoms with Crippen molar-refractivity contribution in [3.05, 3.63) is 108 Å². The zero-order valence-corrected chi connectivity index (χ0v) is 34.0. The van der Waals surface area contributed by atoms with Gasteiger partial charge in [-0.15, -0.1) is 0 Å². The highest BCUT2D eigenvalue weighted by atomic mass is 79.9. The van der Waals surface area contributed by atoms with Gasteiger partial charge in [0.2, 0.25) is 15.9 Å². The fourth-order valence-corrected chi connectivity index (χ4v) is 10.1. The standard InChI is InChI=1S/C38H28BrClF8N8O4S/c39-16-1-4-20-24(10-16)50-36(56(37(20)58)26-6-5-23(40)30-32(26)54(13-27(43)44)52-35(30)53-61(59,60)19-2-3-19)25(9-15-7-17(41)11-18(42)8-15)49-28(57)14-55-33-29(31(51-55)34(45)46)21-12-22(21)38(33,47)48/h1,4-8,10-11,19,21-22,25,27,34H,2-3,9,12-14H2,(H,49,57)(H,52,53)/t21?,22?,25-/m0/s1. The van der Waals surface area contributed by atoms with Gasteiger partial charge in [-0.1, -0.05) is 27.5 Å². The van der Waals surface area contributed by atoms with Crippen LogP contribution in [0.2, 0.25) is 5.02 Å². The average molecular weight is 960 g/mol. The first-order valence-corrected chi connectivity index (χ1v) is 21.3. The number of hydrogen-bond acceptors (Lipinski definition) is 7. The summed E-state index contributed by atoms with van der Waals surface area (Å²) in [6.07, 6.45) is -6.22. The number of nitrogens with one attached hydrogen (secondary N) is 2. The number of carbonyl (C=O) groups excluding carboxylic acids is 1. The molecule has 1 amide bonds. The van der Waals surface area contributed by atoms with E-state index in [4.69, 9.17) is 11.6 Å². The highest BCUT2D eigenvalue weighted by molar-refractivity contribution is 9.10. The van der Waals surface area contributed by atoms with Gasteiger partial charge in [-0.25, -0.2) is 39.7 Å². The van der Waals surface area contributed by atoms with E-state index in [9.17, 15) is 44.3 Å². The number of fused-ring (bicyclic) bond motifs is 5. The lowest BCUT2D eigenvalue weighted by atomic mass is 10.0. The van der Waals surface area contributed by atoms with Crippen molar-refractivity contribution >= 4 is 71.1 Å². The van der Waals surface area contributed by atoms with Crippen LogP contribution in [0.5, 0.6) is 0 Å². The Balaban J connectivity index is 1.24. The van der Waals surface area contributed by atoms with E-state index in [1.165, 1.54) is 30.3 Å². The molecule has 0 radical (unpaired) electrons. The third-order valence-corrected chi connectivity index (χ3v) is 13.5. The second-order valence-corrected chi connectivity index (χ2v) is 18.4. The predicted molar refractivity (Wildman–Crippen MR) is 208 cm³/mol. The number of sulfonamides is 1. The number of halogens is 10. The van der Waals surface area contributed by atoms with Crippen LogP contribution in [0.15, 0.2) is 57.8 Å². The number of amides is 1. The maximum Gasteiger partial charge on any atom is 0.293 e. The number of nitrogens with zero attached hydrogens (tertiary/aromatic N) is 6. The van der Waals surface area contributed by atoms with Gasteiger partial charge in [-0.2, -0.15) is 19.0 Å². The van der Waals surface area contributed by atoms with Crippen LogP contribution in [0.25, 0.3) is 27.5 Å². The van der Waals surface area contributed by atoms with Gasteiger partial charge in [0, 0.05) is 28.4 Å². The van der Waals surface area contributed by atoms with Gasteiger partial charge in [0.1, 0.15) is 41.9 Å². The van der Waals surface area contributed by atoms with Gasteiger partial charge in [-0.3, -0.25) is 28.2 Å². The molecular weight excluding hydrogens is 932 g/mol. The molecule has 3 aromatic heterocycles. The molecule has 2 unspecified atom stereocenters. The van der Waals surface area contributed by atoms with Gasteiger partial charge >= 0.3 is 0 Å². The van der Waals surface area contributed by atoms with Gasteiger partial charge in [0.15, 0.2) is 5.82 Å². The Hall–Kier alpha value is -5.09. The lowest BCUT2D eigenvalue weighted by molar-refractivity contribution is -0.123. The largest absolute Gasteiger partial charge is 0.344 e. The summed E-state index contributed by atoms with van der Waals surface area (Å²) in [5.41, 5.74) is -3.57. The molecule has 320 valence electrons. The van der Waals surface area contributed by atoms with Crippen molar-refractivity contribution in [2.75, 3.05) is 4.72 Å². The van der Waals surface area contributed by atoms with Crippen molar-refractivity contribution in [3.8, 4) is 5.69 Å². The van der Waals surface area contributed by atoms with E-state index in [-0.39, 0.29) is 50.1 Å². The normalized spacial score (nSPS) is 18.6. The third kappa shape index (κ3) is 7.32. The molecule has 0 aliphatic heterocycles. The molecule has 12 nitrogen and oxygen atoms in total. The number of carbonyl (C=O) groups is 1. The van der Waals surface area contributed by atoms with E-state index in [0.29, 0.717) is 28.1 Å². The maximum atomic E-state index is 15.5. The molecule has 3 aromatic carbocycles. The van der Waals surface area contributed by atoms with Crippen molar-refractivity contribution in [1.82, 2.24) is 34.4 Å². The number of alkyl halides is 6. The Labute approximate surface area is 352 Å². The Kier molecular flexibility index (Phi) is 10.0.